The molecule has 3 aromatic rings. The maximum atomic E-state index is 12.9. The van der Waals surface area contributed by atoms with Crippen LogP contribution < -0.4 is 10.3 Å². The van der Waals surface area contributed by atoms with Crippen LogP contribution in [-0.4, -0.2) is 24.1 Å². The summed E-state index contributed by atoms with van der Waals surface area (Å²) in [6, 6.07) is 18.2. The van der Waals surface area contributed by atoms with Crippen molar-refractivity contribution >= 4 is 35.2 Å². The SMILES string of the molecule is C=C(OC(C)C)c1cccc(N(C=O)/N=C(/C)C(C)C(=O)Nc2cccc(-c3ccco3)c2)c1. The molecule has 1 N–H and O–H groups in total. The van der Waals surface area contributed by atoms with E-state index in [9.17, 15) is 9.59 Å². The molecule has 176 valence electrons. The van der Waals surface area contributed by atoms with E-state index in [0.717, 1.165) is 11.1 Å². The third-order valence-electron chi connectivity index (χ3n) is 5.13. The lowest BCUT2D eigenvalue weighted by Gasteiger charge is -2.18. The molecule has 0 aliphatic carbocycles. The van der Waals surface area contributed by atoms with Gasteiger partial charge in [0.2, 0.25) is 12.3 Å². The molecule has 0 bridgehead atoms. The van der Waals surface area contributed by atoms with Crippen molar-refractivity contribution < 1.29 is 18.7 Å². The van der Waals surface area contributed by atoms with Crippen molar-refractivity contribution in [1.82, 2.24) is 0 Å². The Bertz CT molecular complexity index is 1180. The van der Waals surface area contributed by atoms with Gasteiger partial charge in [-0.15, -0.1) is 0 Å². The van der Waals surface area contributed by atoms with Crippen molar-refractivity contribution in [3.63, 3.8) is 0 Å². The predicted molar refractivity (Wildman–Crippen MR) is 135 cm³/mol. The number of hydrogen-bond donors (Lipinski definition) is 1. The molecule has 1 heterocycles. The van der Waals surface area contributed by atoms with Crippen molar-refractivity contribution in [3.05, 3.63) is 79.1 Å². The van der Waals surface area contributed by atoms with Gasteiger partial charge in [0.05, 0.1) is 24.0 Å². The number of furan rings is 1. The Morgan fingerprint density at radius 3 is 2.56 bits per heavy atom. The van der Waals surface area contributed by atoms with Crippen molar-refractivity contribution in [1.29, 1.82) is 0 Å². The molecule has 0 aliphatic rings. The van der Waals surface area contributed by atoms with Gasteiger partial charge in [-0.25, -0.2) is 5.01 Å². The molecule has 0 saturated carbocycles. The average Bonchev–Trinajstić information content (AvgIpc) is 3.37. The van der Waals surface area contributed by atoms with Gasteiger partial charge in [0.15, 0.2) is 0 Å². The summed E-state index contributed by atoms with van der Waals surface area (Å²) in [4.78, 5) is 24.6. The van der Waals surface area contributed by atoms with E-state index in [2.05, 4.69) is 17.0 Å². The smallest absolute Gasteiger partial charge is 0.234 e. The molecule has 34 heavy (non-hydrogen) atoms. The van der Waals surface area contributed by atoms with Gasteiger partial charge in [-0.3, -0.25) is 9.59 Å². The monoisotopic (exact) mass is 459 g/mol. The van der Waals surface area contributed by atoms with E-state index in [0.29, 0.717) is 35.0 Å². The van der Waals surface area contributed by atoms with Gasteiger partial charge in [-0.1, -0.05) is 30.8 Å². The normalized spacial score (nSPS) is 12.2. The van der Waals surface area contributed by atoms with Crippen LogP contribution in [0.2, 0.25) is 0 Å². The Morgan fingerprint density at radius 1 is 1.12 bits per heavy atom. The van der Waals surface area contributed by atoms with Crippen LogP contribution in [0.5, 0.6) is 0 Å². The molecule has 1 unspecified atom stereocenters. The van der Waals surface area contributed by atoms with Crippen molar-refractivity contribution in [3.8, 4) is 11.3 Å². The summed E-state index contributed by atoms with van der Waals surface area (Å²) in [7, 11) is 0. The van der Waals surface area contributed by atoms with Gasteiger partial charge in [-0.05, 0) is 64.1 Å². The van der Waals surface area contributed by atoms with Crippen LogP contribution in [-0.2, 0) is 14.3 Å². The Morgan fingerprint density at radius 2 is 1.88 bits per heavy atom. The third kappa shape index (κ3) is 6.22. The van der Waals surface area contributed by atoms with E-state index in [1.54, 1.807) is 44.4 Å². The molecule has 1 aromatic heterocycles. The molecule has 0 spiro atoms. The molecule has 7 heteroatoms. The Labute approximate surface area is 199 Å². The summed E-state index contributed by atoms with van der Waals surface area (Å²) in [5, 5.41) is 8.48. The van der Waals surface area contributed by atoms with E-state index >= 15 is 0 Å². The second kappa shape index (κ2) is 11.1. The van der Waals surface area contributed by atoms with Crippen molar-refractivity contribution in [2.75, 3.05) is 10.3 Å². The lowest BCUT2D eigenvalue weighted by Crippen LogP contribution is -2.28. The first-order chi connectivity index (χ1) is 16.3. The minimum Gasteiger partial charge on any atom is -0.491 e. The van der Waals surface area contributed by atoms with E-state index < -0.39 is 5.92 Å². The lowest BCUT2D eigenvalue weighted by molar-refractivity contribution is -0.117. The standard InChI is InChI=1S/C27H29N3O4/c1-18(2)34-21(5)22-9-7-12-25(16-22)30(17-31)29-20(4)19(3)27(32)28-24-11-6-10-23(15-24)26-13-8-14-33-26/h6-19H,5H2,1-4H3,(H,28,32)/b29-20-. The molecular weight excluding hydrogens is 430 g/mol. The summed E-state index contributed by atoms with van der Waals surface area (Å²) in [6.07, 6.45) is 2.19. The van der Waals surface area contributed by atoms with Crippen LogP contribution in [0.15, 0.2) is 83.0 Å². The fourth-order valence-corrected chi connectivity index (χ4v) is 3.21. The number of benzene rings is 2. The highest BCUT2D eigenvalue weighted by Crippen LogP contribution is 2.24. The first-order valence-corrected chi connectivity index (χ1v) is 11.0. The van der Waals surface area contributed by atoms with Gasteiger partial charge >= 0.3 is 0 Å². The number of carbonyl (C=O) groups excluding carboxylic acids is 2. The Hall–Kier alpha value is -4.13. The molecule has 0 fully saturated rings. The number of amides is 2. The van der Waals surface area contributed by atoms with Crippen LogP contribution in [0.3, 0.4) is 0 Å². The summed E-state index contributed by atoms with van der Waals surface area (Å²) in [5.41, 5.74) is 3.26. The van der Waals surface area contributed by atoms with Gasteiger partial charge in [0.1, 0.15) is 11.5 Å². The topological polar surface area (TPSA) is 84.1 Å². The molecular formula is C27H29N3O4. The van der Waals surface area contributed by atoms with Crippen LogP contribution in [0.4, 0.5) is 11.4 Å². The summed E-state index contributed by atoms with van der Waals surface area (Å²) in [5.74, 6) is 0.411. The minimum atomic E-state index is -0.572. The molecule has 1 atom stereocenters. The lowest BCUT2D eigenvalue weighted by atomic mass is 10.1. The van der Waals surface area contributed by atoms with Gasteiger partial charge in [0.25, 0.3) is 0 Å². The van der Waals surface area contributed by atoms with Crippen LogP contribution >= 0.6 is 0 Å². The molecule has 0 saturated heterocycles. The molecule has 2 aromatic carbocycles. The van der Waals surface area contributed by atoms with E-state index in [1.807, 2.05) is 50.2 Å². The maximum Gasteiger partial charge on any atom is 0.234 e. The Kier molecular flexibility index (Phi) is 8.03. The number of anilines is 2. The number of hydrogen-bond acceptors (Lipinski definition) is 5. The highest BCUT2D eigenvalue weighted by atomic mass is 16.5. The van der Waals surface area contributed by atoms with Gasteiger partial charge in [0, 0.05) is 22.5 Å². The zero-order valence-electron chi connectivity index (χ0n) is 19.8. The predicted octanol–water partition coefficient (Wildman–Crippen LogP) is 5.96. The number of ether oxygens (including phenoxy) is 1. The first-order valence-electron chi connectivity index (χ1n) is 11.0. The molecule has 0 aliphatic heterocycles. The summed E-state index contributed by atoms with van der Waals surface area (Å²) in [6.45, 7) is 11.2. The molecule has 7 nitrogen and oxygen atoms in total. The van der Waals surface area contributed by atoms with Crippen molar-refractivity contribution in [2.24, 2.45) is 11.0 Å². The van der Waals surface area contributed by atoms with Crippen molar-refractivity contribution in [2.45, 2.75) is 33.8 Å². The fourth-order valence-electron chi connectivity index (χ4n) is 3.21. The van der Waals surface area contributed by atoms with Gasteiger partial charge < -0.3 is 14.5 Å². The number of carbonyl (C=O) groups is 2. The Balaban J connectivity index is 1.73. The zero-order chi connectivity index (χ0) is 24.7. The quantitative estimate of drug-likeness (QED) is 0.176. The average molecular weight is 460 g/mol. The van der Waals surface area contributed by atoms with Crippen LogP contribution in [0.25, 0.3) is 17.1 Å². The van der Waals surface area contributed by atoms with Gasteiger partial charge in [-0.2, -0.15) is 5.10 Å². The maximum absolute atomic E-state index is 12.9. The second-order valence-corrected chi connectivity index (χ2v) is 8.10. The largest absolute Gasteiger partial charge is 0.491 e. The minimum absolute atomic E-state index is 0.0160. The number of nitrogens with zero attached hydrogens (tertiary/aromatic N) is 2. The summed E-state index contributed by atoms with van der Waals surface area (Å²) >= 11 is 0. The highest BCUT2D eigenvalue weighted by molar-refractivity contribution is 6.08. The van der Waals surface area contributed by atoms with E-state index in [-0.39, 0.29) is 12.0 Å². The highest BCUT2D eigenvalue weighted by Gasteiger charge is 2.18. The van der Waals surface area contributed by atoms with Crippen LogP contribution in [0, 0.1) is 5.92 Å². The molecule has 0 radical (unpaired) electrons. The zero-order valence-corrected chi connectivity index (χ0v) is 19.8. The van der Waals surface area contributed by atoms with E-state index in [4.69, 9.17) is 9.15 Å². The first kappa shape index (κ1) is 24.5. The molecule has 3 rings (SSSR count). The second-order valence-electron chi connectivity index (χ2n) is 8.10. The molecule has 2 amide bonds. The summed E-state index contributed by atoms with van der Waals surface area (Å²) < 4.78 is 11.1. The number of nitrogens with one attached hydrogen (secondary N) is 1. The number of hydrazone groups is 1. The van der Waals surface area contributed by atoms with E-state index in [1.165, 1.54) is 5.01 Å². The third-order valence-corrected chi connectivity index (χ3v) is 5.13. The van der Waals surface area contributed by atoms with Crippen LogP contribution in [0.1, 0.15) is 33.3 Å². The fraction of sp³-hybridized carbons (Fsp3) is 0.222. The number of rotatable bonds is 10.